The lowest BCUT2D eigenvalue weighted by atomic mass is 10.1. The quantitative estimate of drug-likeness (QED) is 0.741. The Kier molecular flexibility index (Phi) is 7.01. The first-order valence-corrected chi connectivity index (χ1v) is 10.8. The van der Waals surface area contributed by atoms with Crippen LogP contribution in [0, 0.1) is 0 Å². The monoisotopic (exact) mass is 430 g/mol. The van der Waals surface area contributed by atoms with Crippen molar-refractivity contribution < 1.29 is 18.0 Å². The van der Waals surface area contributed by atoms with Crippen LogP contribution in [0.25, 0.3) is 0 Å². The Morgan fingerprint density at radius 1 is 1.20 bits per heavy atom. The molecule has 2 rings (SSSR count). The van der Waals surface area contributed by atoms with Crippen molar-refractivity contribution in [1.29, 1.82) is 0 Å². The Hall–Kier alpha value is -1.41. The molecule has 1 fully saturated rings. The summed E-state index contributed by atoms with van der Waals surface area (Å²) in [6, 6.07) is 7.86. The third-order valence-corrected chi connectivity index (χ3v) is 7.13. The summed E-state index contributed by atoms with van der Waals surface area (Å²) in [4.78, 5) is 25.4. The lowest BCUT2D eigenvalue weighted by molar-refractivity contribution is -0.132. The number of carbonyl (C=O) groups is 2. The molecule has 138 valence electrons. The number of amides is 2. The van der Waals surface area contributed by atoms with Crippen LogP contribution in [0.3, 0.4) is 0 Å². The molecule has 1 aliphatic heterocycles. The molecule has 0 bridgehead atoms. The van der Waals surface area contributed by atoms with Crippen molar-refractivity contribution in [1.82, 2.24) is 10.2 Å². The topological polar surface area (TPSA) is 83.6 Å². The SMILES string of the molecule is CNC(=O)CS(=O)(=O)C1CCN(C(=O)CCc2ccc(Br)cc2)CC1. The van der Waals surface area contributed by atoms with Crippen LogP contribution in [0.5, 0.6) is 0 Å². The molecule has 0 aromatic heterocycles. The number of nitrogens with zero attached hydrogens (tertiary/aromatic N) is 1. The van der Waals surface area contributed by atoms with E-state index in [9.17, 15) is 18.0 Å². The summed E-state index contributed by atoms with van der Waals surface area (Å²) in [5, 5.41) is 1.80. The second kappa shape index (κ2) is 8.80. The molecule has 0 aliphatic carbocycles. The lowest BCUT2D eigenvalue weighted by Crippen LogP contribution is -2.44. The van der Waals surface area contributed by atoms with E-state index in [1.54, 1.807) is 4.90 Å². The van der Waals surface area contributed by atoms with Crippen LogP contribution >= 0.6 is 15.9 Å². The van der Waals surface area contributed by atoms with E-state index in [1.165, 1.54) is 7.05 Å². The van der Waals surface area contributed by atoms with E-state index < -0.39 is 26.7 Å². The van der Waals surface area contributed by atoms with Gasteiger partial charge in [0.15, 0.2) is 9.84 Å². The van der Waals surface area contributed by atoms with E-state index >= 15 is 0 Å². The van der Waals surface area contributed by atoms with E-state index in [2.05, 4.69) is 21.2 Å². The molecule has 1 N–H and O–H groups in total. The van der Waals surface area contributed by atoms with Crippen LogP contribution in [-0.4, -0.2) is 56.3 Å². The molecule has 1 aromatic rings. The fourth-order valence-electron chi connectivity index (χ4n) is 2.90. The Bertz CT molecular complexity index is 711. The average Bonchev–Trinajstić information content (AvgIpc) is 2.60. The number of nitrogens with one attached hydrogen (secondary N) is 1. The number of sulfone groups is 1. The third kappa shape index (κ3) is 5.81. The number of hydrogen-bond donors (Lipinski definition) is 1. The molecule has 0 atom stereocenters. The van der Waals surface area contributed by atoms with Gasteiger partial charge in [0, 0.05) is 31.0 Å². The standard InChI is InChI=1S/C17H23BrN2O4S/c1-19-16(21)12-25(23,24)15-8-10-20(11-9-15)17(22)7-4-13-2-5-14(18)6-3-13/h2-3,5-6,15H,4,7-12H2,1H3,(H,19,21). The van der Waals surface area contributed by atoms with Crippen LogP contribution in [0.4, 0.5) is 0 Å². The lowest BCUT2D eigenvalue weighted by Gasteiger charge is -2.31. The second-order valence-electron chi connectivity index (χ2n) is 6.19. The fraction of sp³-hybridized carbons (Fsp3) is 0.529. The maximum atomic E-state index is 12.3. The number of likely N-dealkylation sites (tertiary alicyclic amines) is 1. The van der Waals surface area contributed by atoms with Crippen molar-refractivity contribution >= 4 is 37.6 Å². The predicted molar refractivity (Wildman–Crippen MR) is 99.9 cm³/mol. The molecular weight excluding hydrogens is 408 g/mol. The van der Waals surface area contributed by atoms with E-state index in [0.29, 0.717) is 38.8 Å². The number of benzene rings is 1. The van der Waals surface area contributed by atoms with Crippen LogP contribution in [0.15, 0.2) is 28.7 Å². The average molecular weight is 431 g/mol. The van der Waals surface area contributed by atoms with Gasteiger partial charge in [-0.1, -0.05) is 28.1 Å². The van der Waals surface area contributed by atoms with Gasteiger partial charge in [0.1, 0.15) is 5.75 Å². The van der Waals surface area contributed by atoms with Crippen molar-refractivity contribution in [2.24, 2.45) is 0 Å². The number of rotatable bonds is 6. The molecule has 25 heavy (non-hydrogen) atoms. The van der Waals surface area contributed by atoms with Crippen molar-refractivity contribution in [3.05, 3.63) is 34.3 Å². The summed E-state index contributed by atoms with van der Waals surface area (Å²) in [6.07, 6.45) is 1.87. The Balaban J connectivity index is 1.81. The summed E-state index contributed by atoms with van der Waals surface area (Å²) in [5.41, 5.74) is 1.10. The fourth-order valence-corrected chi connectivity index (χ4v) is 4.84. The zero-order valence-corrected chi connectivity index (χ0v) is 16.6. The van der Waals surface area contributed by atoms with Gasteiger partial charge in [-0.05, 0) is 37.0 Å². The number of aryl methyl sites for hydroxylation is 1. The van der Waals surface area contributed by atoms with Crippen molar-refractivity contribution in [2.45, 2.75) is 30.9 Å². The molecule has 1 aromatic carbocycles. The van der Waals surface area contributed by atoms with Crippen LogP contribution in [-0.2, 0) is 25.8 Å². The Morgan fingerprint density at radius 2 is 1.80 bits per heavy atom. The zero-order valence-electron chi connectivity index (χ0n) is 14.2. The number of carbonyl (C=O) groups excluding carboxylic acids is 2. The van der Waals surface area contributed by atoms with Crippen molar-refractivity contribution in [3.63, 3.8) is 0 Å². The van der Waals surface area contributed by atoms with E-state index in [4.69, 9.17) is 0 Å². The summed E-state index contributed by atoms with van der Waals surface area (Å²) < 4.78 is 25.4. The molecule has 1 aliphatic rings. The number of halogens is 1. The van der Waals surface area contributed by atoms with Gasteiger partial charge in [-0.3, -0.25) is 9.59 Å². The molecule has 6 nitrogen and oxygen atoms in total. The third-order valence-electron chi connectivity index (χ3n) is 4.45. The molecular formula is C17H23BrN2O4S. The van der Waals surface area contributed by atoms with Crippen molar-refractivity contribution in [3.8, 4) is 0 Å². The Morgan fingerprint density at radius 3 is 2.36 bits per heavy atom. The minimum Gasteiger partial charge on any atom is -0.358 e. The molecule has 2 amide bonds. The van der Waals surface area contributed by atoms with Gasteiger partial charge in [0.2, 0.25) is 11.8 Å². The van der Waals surface area contributed by atoms with Gasteiger partial charge < -0.3 is 10.2 Å². The summed E-state index contributed by atoms with van der Waals surface area (Å²) in [5.74, 6) is -0.927. The maximum Gasteiger partial charge on any atom is 0.234 e. The molecule has 0 radical (unpaired) electrons. The van der Waals surface area contributed by atoms with Gasteiger partial charge in [-0.25, -0.2) is 8.42 Å². The zero-order chi connectivity index (χ0) is 18.4. The summed E-state index contributed by atoms with van der Waals surface area (Å²) in [7, 11) is -2.04. The number of hydrogen-bond acceptors (Lipinski definition) is 4. The minimum absolute atomic E-state index is 0.0464. The summed E-state index contributed by atoms with van der Waals surface area (Å²) in [6.45, 7) is 0.855. The second-order valence-corrected chi connectivity index (χ2v) is 9.38. The molecule has 0 unspecified atom stereocenters. The van der Waals surface area contributed by atoms with Crippen molar-refractivity contribution in [2.75, 3.05) is 25.9 Å². The Labute approximate surface area is 157 Å². The van der Waals surface area contributed by atoms with Gasteiger partial charge in [-0.15, -0.1) is 0 Å². The smallest absolute Gasteiger partial charge is 0.234 e. The van der Waals surface area contributed by atoms with Gasteiger partial charge >= 0.3 is 0 Å². The molecule has 0 saturated carbocycles. The number of piperidine rings is 1. The largest absolute Gasteiger partial charge is 0.358 e. The highest BCUT2D eigenvalue weighted by molar-refractivity contribution is 9.10. The first-order valence-electron chi connectivity index (χ1n) is 8.26. The highest BCUT2D eigenvalue weighted by Gasteiger charge is 2.32. The first kappa shape index (κ1) is 19.9. The maximum absolute atomic E-state index is 12.3. The molecule has 0 spiro atoms. The van der Waals surface area contributed by atoms with E-state index in [0.717, 1.165) is 10.0 Å². The molecule has 1 saturated heterocycles. The van der Waals surface area contributed by atoms with Crippen LogP contribution < -0.4 is 5.32 Å². The highest BCUT2D eigenvalue weighted by Crippen LogP contribution is 2.20. The van der Waals surface area contributed by atoms with E-state index in [1.807, 2.05) is 24.3 Å². The molecule has 1 heterocycles. The molecule has 8 heteroatoms. The predicted octanol–water partition coefficient (Wildman–Crippen LogP) is 1.53. The summed E-state index contributed by atoms with van der Waals surface area (Å²) >= 11 is 3.38. The van der Waals surface area contributed by atoms with Crippen LogP contribution in [0.1, 0.15) is 24.8 Å². The minimum atomic E-state index is -3.46. The van der Waals surface area contributed by atoms with Gasteiger partial charge in [-0.2, -0.15) is 0 Å². The first-order chi connectivity index (χ1) is 11.8. The van der Waals surface area contributed by atoms with Crippen LogP contribution in [0.2, 0.25) is 0 Å². The van der Waals surface area contributed by atoms with Gasteiger partial charge in [0.05, 0.1) is 5.25 Å². The van der Waals surface area contributed by atoms with E-state index in [-0.39, 0.29) is 5.91 Å². The van der Waals surface area contributed by atoms with Gasteiger partial charge in [0.25, 0.3) is 0 Å². The highest BCUT2D eigenvalue weighted by atomic mass is 79.9. The normalized spacial score (nSPS) is 15.8.